The van der Waals surface area contributed by atoms with E-state index in [1.807, 2.05) is 18.3 Å². The van der Waals surface area contributed by atoms with Crippen molar-refractivity contribution in [3.8, 4) is 0 Å². The van der Waals surface area contributed by atoms with Gasteiger partial charge in [0.05, 0.1) is 29.0 Å². The Morgan fingerprint density at radius 3 is 2.50 bits per heavy atom. The van der Waals surface area contributed by atoms with Gasteiger partial charge in [0, 0.05) is 5.39 Å². The van der Waals surface area contributed by atoms with Crippen LogP contribution in [0.1, 0.15) is 47.8 Å². The third kappa shape index (κ3) is 4.20. The number of benzene rings is 2. The Kier molecular flexibility index (Phi) is 5.21. The maximum Gasteiger partial charge on any atom is 0.335 e. The average Bonchev–Trinajstić information content (AvgIpc) is 2.61. The number of nitrogens with one attached hydrogen (secondary N) is 1. The van der Waals surface area contributed by atoms with Crippen LogP contribution >= 0.6 is 0 Å². The molecule has 3 aromatic rings. The van der Waals surface area contributed by atoms with Gasteiger partial charge < -0.3 is 10.4 Å². The number of anilines is 1. The molecule has 1 aromatic heterocycles. The summed E-state index contributed by atoms with van der Waals surface area (Å²) >= 11 is 0. The molecule has 2 N–H and O–H groups in total. The molecule has 3 rings (SSSR count). The third-order valence-electron chi connectivity index (χ3n) is 4.45. The van der Waals surface area contributed by atoms with Crippen molar-refractivity contribution < 1.29 is 9.90 Å². The summed E-state index contributed by atoms with van der Waals surface area (Å²) in [4.78, 5) is 15.6. The van der Waals surface area contributed by atoms with Crippen LogP contribution in [0.4, 0.5) is 5.69 Å². The number of hydrogen-bond donors (Lipinski definition) is 2. The van der Waals surface area contributed by atoms with E-state index in [9.17, 15) is 4.79 Å². The summed E-state index contributed by atoms with van der Waals surface area (Å²) in [6.07, 6.45) is 2.80. The summed E-state index contributed by atoms with van der Waals surface area (Å²) in [7, 11) is 0. The highest BCUT2D eigenvalue weighted by molar-refractivity contribution is 5.87. The zero-order valence-electron chi connectivity index (χ0n) is 15.4. The predicted octanol–water partition coefficient (Wildman–Crippen LogP) is 5.44. The number of carboxylic acids is 1. The predicted molar refractivity (Wildman–Crippen MR) is 106 cm³/mol. The lowest BCUT2D eigenvalue weighted by atomic mass is 9.96. The van der Waals surface area contributed by atoms with Gasteiger partial charge in [0.1, 0.15) is 0 Å². The van der Waals surface area contributed by atoms with Crippen molar-refractivity contribution in [3.05, 3.63) is 71.4 Å². The minimum Gasteiger partial charge on any atom is -0.478 e. The van der Waals surface area contributed by atoms with E-state index >= 15 is 0 Å². The Labute approximate surface area is 153 Å². The topological polar surface area (TPSA) is 62.2 Å². The average molecular weight is 348 g/mol. The van der Waals surface area contributed by atoms with Crippen LogP contribution in [0.15, 0.2) is 54.7 Å². The zero-order chi connectivity index (χ0) is 18.7. The molecule has 1 atom stereocenters. The lowest BCUT2D eigenvalue weighted by Crippen LogP contribution is -2.14. The normalized spacial score (nSPS) is 12.3. The van der Waals surface area contributed by atoms with E-state index in [1.165, 1.54) is 5.56 Å². The van der Waals surface area contributed by atoms with Gasteiger partial charge in [-0.2, -0.15) is 0 Å². The number of hydrogen-bond acceptors (Lipinski definition) is 3. The second-order valence-corrected chi connectivity index (χ2v) is 7.17. The molecule has 0 aliphatic carbocycles. The van der Waals surface area contributed by atoms with Gasteiger partial charge in [-0.25, -0.2) is 4.79 Å². The number of carboxylic acid groups (broad SMARTS) is 1. The smallest absolute Gasteiger partial charge is 0.335 e. The summed E-state index contributed by atoms with van der Waals surface area (Å²) < 4.78 is 0. The monoisotopic (exact) mass is 348 g/mol. The van der Waals surface area contributed by atoms with Crippen molar-refractivity contribution >= 4 is 22.6 Å². The van der Waals surface area contributed by atoms with Gasteiger partial charge in [-0.05, 0) is 54.7 Å². The Bertz CT molecular complexity index is 917. The SMILES string of the molecule is Cc1ccc2cc(NC(CC(C)C)c3ccc(C(=O)O)cc3)cnc2c1. The van der Waals surface area contributed by atoms with Crippen molar-refractivity contribution in [2.75, 3.05) is 5.32 Å². The van der Waals surface area contributed by atoms with Gasteiger partial charge in [-0.1, -0.05) is 38.1 Å². The van der Waals surface area contributed by atoms with E-state index in [0.717, 1.165) is 28.6 Å². The molecule has 0 saturated carbocycles. The van der Waals surface area contributed by atoms with Crippen LogP contribution in [-0.2, 0) is 0 Å². The van der Waals surface area contributed by atoms with Gasteiger partial charge in [0.2, 0.25) is 0 Å². The molecule has 134 valence electrons. The highest BCUT2D eigenvalue weighted by Crippen LogP contribution is 2.27. The van der Waals surface area contributed by atoms with Gasteiger partial charge >= 0.3 is 5.97 Å². The molecule has 0 spiro atoms. The zero-order valence-corrected chi connectivity index (χ0v) is 15.4. The number of fused-ring (bicyclic) bond motifs is 1. The van der Waals surface area contributed by atoms with Crippen LogP contribution in [0.3, 0.4) is 0 Å². The number of rotatable bonds is 6. The molecular formula is C22H24N2O2. The first-order chi connectivity index (χ1) is 12.4. The van der Waals surface area contributed by atoms with Crippen molar-refractivity contribution in [1.29, 1.82) is 0 Å². The number of aryl methyl sites for hydroxylation is 1. The highest BCUT2D eigenvalue weighted by atomic mass is 16.4. The lowest BCUT2D eigenvalue weighted by molar-refractivity contribution is 0.0697. The molecular weight excluding hydrogens is 324 g/mol. The van der Waals surface area contributed by atoms with Crippen molar-refractivity contribution in [1.82, 2.24) is 4.98 Å². The molecule has 0 bridgehead atoms. The minimum absolute atomic E-state index is 0.0996. The van der Waals surface area contributed by atoms with Crippen molar-refractivity contribution in [3.63, 3.8) is 0 Å². The van der Waals surface area contributed by atoms with Gasteiger partial charge in [0.25, 0.3) is 0 Å². The second-order valence-electron chi connectivity index (χ2n) is 7.17. The van der Waals surface area contributed by atoms with E-state index < -0.39 is 5.97 Å². The first kappa shape index (κ1) is 17.9. The molecule has 4 nitrogen and oxygen atoms in total. The standard InChI is InChI=1S/C22H24N2O2/c1-14(2)10-21(16-6-8-17(9-7-16)22(25)26)24-19-12-18-5-4-15(3)11-20(18)23-13-19/h4-9,11-14,21,24H,10H2,1-3H3,(H,25,26). The first-order valence-electron chi connectivity index (χ1n) is 8.88. The summed E-state index contributed by atoms with van der Waals surface area (Å²) in [6.45, 7) is 6.43. The molecule has 0 aliphatic rings. The Balaban J connectivity index is 1.88. The van der Waals surface area contributed by atoms with E-state index in [-0.39, 0.29) is 6.04 Å². The first-order valence-corrected chi connectivity index (χ1v) is 8.88. The van der Waals surface area contributed by atoms with E-state index in [1.54, 1.807) is 12.1 Å². The molecule has 1 unspecified atom stereocenters. The van der Waals surface area contributed by atoms with Crippen molar-refractivity contribution in [2.45, 2.75) is 33.2 Å². The molecule has 0 fully saturated rings. The molecule has 0 aliphatic heterocycles. The Morgan fingerprint density at radius 2 is 1.85 bits per heavy atom. The quantitative estimate of drug-likeness (QED) is 0.622. The fourth-order valence-electron chi connectivity index (χ4n) is 3.12. The molecule has 0 amide bonds. The number of nitrogens with zero attached hydrogens (tertiary/aromatic N) is 1. The van der Waals surface area contributed by atoms with Gasteiger partial charge in [0.15, 0.2) is 0 Å². The van der Waals surface area contributed by atoms with Crippen LogP contribution in [0.25, 0.3) is 10.9 Å². The van der Waals surface area contributed by atoms with E-state index in [4.69, 9.17) is 5.11 Å². The summed E-state index contributed by atoms with van der Waals surface area (Å²) in [5.41, 5.74) is 4.53. The molecule has 4 heteroatoms. The highest BCUT2D eigenvalue weighted by Gasteiger charge is 2.15. The van der Waals surface area contributed by atoms with E-state index in [0.29, 0.717) is 11.5 Å². The largest absolute Gasteiger partial charge is 0.478 e. The number of carbonyl (C=O) groups is 1. The second kappa shape index (κ2) is 7.56. The number of aromatic nitrogens is 1. The summed E-state index contributed by atoms with van der Waals surface area (Å²) in [6, 6.07) is 15.6. The molecule has 26 heavy (non-hydrogen) atoms. The molecule has 0 saturated heterocycles. The molecule has 1 heterocycles. The Morgan fingerprint density at radius 1 is 1.12 bits per heavy atom. The van der Waals surface area contributed by atoms with Crippen LogP contribution in [-0.4, -0.2) is 16.1 Å². The number of aromatic carboxylic acids is 1. The summed E-state index contributed by atoms with van der Waals surface area (Å²) in [5, 5.41) is 13.8. The fourth-order valence-corrected chi connectivity index (χ4v) is 3.12. The maximum absolute atomic E-state index is 11.1. The van der Waals surface area contributed by atoms with Crippen LogP contribution in [0.5, 0.6) is 0 Å². The van der Waals surface area contributed by atoms with Gasteiger partial charge in [-0.3, -0.25) is 4.98 Å². The van der Waals surface area contributed by atoms with Gasteiger partial charge in [-0.15, -0.1) is 0 Å². The van der Waals surface area contributed by atoms with Crippen LogP contribution in [0.2, 0.25) is 0 Å². The number of pyridine rings is 1. The summed E-state index contributed by atoms with van der Waals surface area (Å²) in [5.74, 6) is -0.401. The van der Waals surface area contributed by atoms with Crippen molar-refractivity contribution in [2.24, 2.45) is 5.92 Å². The molecule has 0 radical (unpaired) electrons. The van der Waals surface area contributed by atoms with E-state index in [2.05, 4.69) is 55.3 Å². The lowest BCUT2D eigenvalue weighted by Gasteiger charge is -2.22. The Hall–Kier alpha value is -2.88. The minimum atomic E-state index is -0.904. The van der Waals surface area contributed by atoms with Crippen LogP contribution < -0.4 is 5.32 Å². The fraction of sp³-hybridized carbons (Fsp3) is 0.273. The van der Waals surface area contributed by atoms with Crippen LogP contribution in [0, 0.1) is 12.8 Å². The molecule has 2 aromatic carbocycles. The third-order valence-corrected chi connectivity index (χ3v) is 4.45. The maximum atomic E-state index is 11.1.